The molecule has 2 rings (SSSR count). The number of thioether (sulfide) groups is 1. The Hall–Kier alpha value is -0.720. The maximum atomic E-state index is 5.09. The number of aryl methyl sites for hydroxylation is 2. The van der Waals surface area contributed by atoms with Gasteiger partial charge in [0, 0.05) is 56.9 Å². The molecule has 1 aliphatic heterocycles. The highest BCUT2D eigenvalue weighted by molar-refractivity contribution is 8.00. The molecule has 1 fully saturated rings. The second-order valence-electron chi connectivity index (χ2n) is 5.53. The number of nitrogens with zero attached hydrogens (tertiary/aromatic N) is 3. The van der Waals surface area contributed by atoms with E-state index < -0.39 is 0 Å². The van der Waals surface area contributed by atoms with Gasteiger partial charge < -0.3 is 15.0 Å². The van der Waals surface area contributed by atoms with Crippen molar-refractivity contribution in [3.05, 3.63) is 11.3 Å². The molecule has 1 N–H and O–H groups in total. The maximum absolute atomic E-state index is 5.09. The van der Waals surface area contributed by atoms with Crippen LogP contribution in [0.25, 0.3) is 0 Å². The van der Waals surface area contributed by atoms with Crippen LogP contribution >= 0.6 is 11.8 Å². The van der Waals surface area contributed by atoms with Crippen molar-refractivity contribution in [3.8, 4) is 0 Å². The average molecular weight is 312 g/mol. The molecule has 0 spiro atoms. The Kier molecular flexibility index (Phi) is 6.39. The SMILES string of the molecule is CCC1CN(c2c(CNCCOC)c(C)nn2C)CCS1. The molecule has 1 atom stereocenters. The monoisotopic (exact) mass is 312 g/mol. The van der Waals surface area contributed by atoms with Gasteiger partial charge >= 0.3 is 0 Å². The standard InChI is InChI=1S/C15H28N4OS/c1-5-13-11-19(7-9-21-13)15-14(10-16-6-8-20-4)12(2)17-18(15)3/h13,16H,5-11H2,1-4H3. The van der Waals surface area contributed by atoms with Crippen molar-refractivity contribution in [1.82, 2.24) is 15.1 Å². The van der Waals surface area contributed by atoms with Crippen LogP contribution in [0.3, 0.4) is 0 Å². The average Bonchev–Trinajstić information content (AvgIpc) is 2.77. The minimum atomic E-state index is 0.739. The van der Waals surface area contributed by atoms with Crippen LogP contribution in [-0.2, 0) is 18.3 Å². The van der Waals surface area contributed by atoms with E-state index in [0.29, 0.717) is 0 Å². The van der Waals surface area contributed by atoms with Gasteiger partial charge in [-0.2, -0.15) is 16.9 Å². The Morgan fingerprint density at radius 2 is 2.29 bits per heavy atom. The molecule has 0 aliphatic carbocycles. The maximum Gasteiger partial charge on any atom is 0.131 e. The number of ether oxygens (including phenoxy) is 1. The van der Waals surface area contributed by atoms with Crippen molar-refractivity contribution >= 4 is 17.6 Å². The molecular weight excluding hydrogens is 284 g/mol. The van der Waals surface area contributed by atoms with E-state index in [9.17, 15) is 0 Å². The van der Waals surface area contributed by atoms with Gasteiger partial charge in [-0.15, -0.1) is 0 Å². The topological polar surface area (TPSA) is 42.3 Å². The number of nitrogens with one attached hydrogen (secondary N) is 1. The quantitative estimate of drug-likeness (QED) is 0.778. The van der Waals surface area contributed by atoms with Gasteiger partial charge in [-0.05, 0) is 13.3 Å². The zero-order chi connectivity index (χ0) is 15.2. The first-order chi connectivity index (χ1) is 10.2. The largest absolute Gasteiger partial charge is 0.383 e. The summed E-state index contributed by atoms with van der Waals surface area (Å²) in [5.74, 6) is 2.50. The van der Waals surface area contributed by atoms with E-state index in [1.165, 1.54) is 23.6 Å². The van der Waals surface area contributed by atoms with Gasteiger partial charge in [0.05, 0.1) is 12.3 Å². The smallest absolute Gasteiger partial charge is 0.131 e. The summed E-state index contributed by atoms with van der Waals surface area (Å²) in [6.45, 7) is 9.11. The van der Waals surface area contributed by atoms with E-state index in [0.717, 1.165) is 43.7 Å². The Labute approximate surface area is 132 Å². The first-order valence-electron chi connectivity index (χ1n) is 7.76. The number of anilines is 1. The molecule has 120 valence electrons. The molecule has 1 aromatic rings. The minimum Gasteiger partial charge on any atom is -0.383 e. The second kappa shape index (κ2) is 8.06. The minimum absolute atomic E-state index is 0.739. The van der Waals surface area contributed by atoms with Crippen molar-refractivity contribution < 1.29 is 4.74 Å². The third-order valence-corrected chi connectivity index (χ3v) is 5.36. The van der Waals surface area contributed by atoms with Gasteiger partial charge in [0.15, 0.2) is 0 Å². The highest BCUT2D eigenvalue weighted by Gasteiger charge is 2.24. The first-order valence-corrected chi connectivity index (χ1v) is 8.80. The molecule has 1 unspecified atom stereocenters. The lowest BCUT2D eigenvalue weighted by molar-refractivity contribution is 0.199. The lowest BCUT2D eigenvalue weighted by Crippen LogP contribution is -2.39. The van der Waals surface area contributed by atoms with Crippen molar-refractivity contribution in [2.75, 3.05) is 44.0 Å². The normalized spacial score (nSPS) is 19.2. The Morgan fingerprint density at radius 3 is 3.00 bits per heavy atom. The number of aromatic nitrogens is 2. The highest BCUT2D eigenvalue weighted by Crippen LogP contribution is 2.29. The molecule has 2 heterocycles. The van der Waals surface area contributed by atoms with Crippen molar-refractivity contribution in [2.45, 2.75) is 32.1 Å². The van der Waals surface area contributed by atoms with Gasteiger partial charge in [0.2, 0.25) is 0 Å². The first kappa shape index (κ1) is 16.6. The molecule has 0 aromatic carbocycles. The molecule has 0 saturated carbocycles. The van der Waals surface area contributed by atoms with Crippen molar-refractivity contribution in [2.24, 2.45) is 7.05 Å². The number of hydrogen-bond donors (Lipinski definition) is 1. The lowest BCUT2D eigenvalue weighted by Gasteiger charge is -2.34. The van der Waals surface area contributed by atoms with Crippen LogP contribution in [0.5, 0.6) is 0 Å². The summed E-state index contributed by atoms with van der Waals surface area (Å²) in [5, 5.41) is 8.82. The third kappa shape index (κ3) is 4.14. The van der Waals surface area contributed by atoms with Crippen LogP contribution in [0.1, 0.15) is 24.6 Å². The van der Waals surface area contributed by atoms with E-state index in [2.05, 4.69) is 48.0 Å². The van der Waals surface area contributed by atoms with Crippen LogP contribution in [-0.4, -0.2) is 54.1 Å². The molecule has 6 heteroatoms. The summed E-state index contributed by atoms with van der Waals surface area (Å²) in [6.07, 6.45) is 1.24. The predicted octanol–water partition coefficient (Wildman–Crippen LogP) is 1.80. The van der Waals surface area contributed by atoms with Crippen molar-refractivity contribution in [1.29, 1.82) is 0 Å². The van der Waals surface area contributed by atoms with Gasteiger partial charge in [-0.1, -0.05) is 6.92 Å². The van der Waals surface area contributed by atoms with Crippen molar-refractivity contribution in [3.63, 3.8) is 0 Å². The van der Waals surface area contributed by atoms with Gasteiger partial charge in [-0.3, -0.25) is 4.68 Å². The van der Waals surface area contributed by atoms with E-state index in [-0.39, 0.29) is 0 Å². The Morgan fingerprint density at radius 1 is 1.48 bits per heavy atom. The number of methoxy groups -OCH3 is 1. The molecule has 5 nitrogen and oxygen atoms in total. The fourth-order valence-corrected chi connectivity index (χ4v) is 4.02. The van der Waals surface area contributed by atoms with Gasteiger partial charge in [-0.25, -0.2) is 0 Å². The molecule has 1 saturated heterocycles. The molecule has 1 aliphatic rings. The Balaban J connectivity index is 2.10. The summed E-state index contributed by atoms with van der Waals surface area (Å²) >= 11 is 2.10. The fourth-order valence-electron chi connectivity index (χ4n) is 2.84. The summed E-state index contributed by atoms with van der Waals surface area (Å²) in [4.78, 5) is 2.51. The molecule has 0 radical (unpaired) electrons. The van der Waals surface area contributed by atoms with E-state index in [4.69, 9.17) is 4.74 Å². The molecule has 21 heavy (non-hydrogen) atoms. The molecule has 0 amide bonds. The summed E-state index contributed by atoms with van der Waals surface area (Å²) in [6, 6.07) is 0. The number of hydrogen-bond acceptors (Lipinski definition) is 5. The summed E-state index contributed by atoms with van der Waals surface area (Å²) < 4.78 is 7.14. The summed E-state index contributed by atoms with van der Waals surface area (Å²) in [7, 11) is 3.79. The number of rotatable bonds is 7. The summed E-state index contributed by atoms with van der Waals surface area (Å²) in [5.41, 5.74) is 2.46. The van der Waals surface area contributed by atoms with Crippen LogP contribution in [0.4, 0.5) is 5.82 Å². The van der Waals surface area contributed by atoms with Gasteiger partial charge in [0.1, 0.15) is 5.82 Å². The van der Waals surface area contributed by atoms with Crippen LogP contribution < -0.4 is 10.2 Å². The van der Waals surface area contributed by atoms with E-state index in [1.54, 1.807) is 7.11 Å². The fraction of sp³-hybridized carbons (Fsp3) is 0.800. The second-order valence-corrected chi connectivity index (χ2v) is 6.94. The van der Waals surface area contributed by atoms with Crippen LogP contribution in [0.15, 0.2) is 0 Å². The van der Waals surface area contributed by atoms with E-state index >= 15 is 0 Å². The molecule has 1 aromatic heterocycles. The van der Waals surface area contributed by atoms with Crippen LogP contribution in [0.2, 0.25) is 0 Å². The zero-order valence-electron chi connectivity index (χ0n) is 13.7. The lowest BCUT2D eigenvalue weighted by atomic mass is 10.2. The zero-order valence-corrected chi connectivity index (χ0v) is 14.5. The van der Waals surface area contributed by atoms with E-state index in [1.807, 2.05) is 4.68 Å². The van der Waals surface area contributed by atoms with Crippen LogP contribution in [0, 0.1) is 6.92 Å². The Bertz CT molecular complexity index is 449. The molecule has 0 bridgehead atoms. The highest BCUT2D eigenvalue weighted by atomic mass is 32.2. The third-order valence-electron chi connectivity index (χ3n) is 3.99. The molecular formula is C15H28N4OS. The predicted molar refractivity (Wildman–Crippen MR) is 90.3 cm³/mol. The van der Waals surface area contributed by atoms with Gasteiger partial charge in [0.25, 0.3) is 0 Å².